The van der Waals surface area contributed by atoms with E-state index in [4.69, 9.17) is 11.2 Å². The summed E-state index contributed by atoms with van der Waals surface area (Å²) in [4.78, 5) is 0. The predicted octanol–water partition coefficient (Wildman–Crippen LogP) is 7.67. The quantitative estimate of drug-likeness (QED) is 0.227. The zero-order chi connectivity index (χ0) is 15.3. The van der Waals surface area contributed by atoms with Crippen molar-refractivity contribution >= 4 is 17.2 Å². The predicted molar refractivity (Wildman–Crippen MR) is 101 cm³/mol. The summed E-state index contributed by atoms with van der Waals surface area (Å²) in [6.45, 7) is 9.24. The molecule has 0 spiro atoms. The fourth-order valence-electron chi connectivity index (χ4n) is 3.29. The maximum atomic E-state index is 7.56. The Balaban J connectivity index is 4.83. The summed E-state index contributed by atoms with van der Waals surface area (Å²) in [7, 11) is 0. The fourth-order valence-corrected chi connectivity index (χ4v) is 10.3. The van der Waals surface area contributed by atoms with Crippen LogP contribution in [0.5, 0.6) is 0 Å². The van der Waals surface area contributed by atoms with Gasteiger partial charge in [0.05, 0.1) is 0 Å². The molecule has 0 aromatic carbocycles. The van der Waals surface area contributed by atoms with Crippen LogP contribution in [-0.2, 0) is 0 Å². The number of halogens is 1. The number of unbranched alkanes of at least 4 members (excludes halogenated alkanes) is 6. The van der Waals surface area contributed by atoms with Crippen molar-refractivity contribution in [1.29, 1.82) is 0 Å². The molecule has 0 heterocycles. The van der Waals surface area contributed by atoms with Crippen LogP contribution in [0.3, 0.4) is 0 Å². The Morgan fingerprint density at radius 2 is 0.800 bits per heavy atom. The maximum absolute atomic E-state index is 7.56. The molecule has 0 atom stereocenters. The van der Waals surface area contributed by atoms with Gasteiger partial charge in [-0.1, -0.05) is 0 Å². The van der Waals surface area contributed by atoms with Gasteiger partial charge in [0.15, 0.2) is 0 Å². The van der Waals surface area contributed by atoms with Gasteiger partial charge in [0.1, 0.15) is 0 Å². The second-order valence-corrected chi connectivity index (χ2v) is 15.1. The van der Waals surface area contributed by atoms with E-state index in [0.717, 1.165) is 0 Å². The van der Waals surface area contributed by atoms with Gasteiger partial charge in [0.2, 0.25) is 0 Å². The molecule has 0 saturated carbocycles. The van der Waals surface area contributed by atoms with E-state index in [1.54, 1.807) is 0 Å². The van der Waals surface area contributed by atoms with E-state index in [1.165, 1.54) is 88.9 Å². The van der Waals surface area contributed by atoms with E-state index in [0.29, 0.717) is 0 Å². The summed E-state index contributed by atoms with van der Waals surface area (Å²) in [6.07, 6.45) is 18.9. The number of hydrogen-bond acceptors (Lipinski definition) is 0. The summed E-state index contributed by atoms with van der Waals surface area (Å²) < 4.78 is 0. The van der Waals surface area contributed by atoms with Crippen LogP contribution < -0.4 is 0 Å². The summed E-state index contributed by atoms with van der Waals surface area (Å²) in [5.41, 5.74) is 0. The first-order valence-corrected chi connectivity index (χ1v) is 13.1. The molecule has 0 fully saturated rings. The molecule has 0 aliphatic rings. The van der Waals surface area contributed by atoms with Gasteiger partial charge < -0.3 is 0 Å². The van der Waals surface area contributed by atoms with Crippen molar-refractivity contribution in [1.82, 2.24) is 0 Å². The first-order chi connectivity index (χ1) is 9.54. The van der Waals surface area contributed by atoms with Crippen LogP contribution in [0.2, 0.25) is 0 Å². The van der Waals surface area contributed by atoms with Gasteiger partial charge in [-0.2, -0.15) is 0 Å². The molecule has 0 saturated heterocycles. The molecule has 0 rings (SSSR count). The van der Waals surface area contributed by atoms with Gasteiger partial charge >= 0.3 is 134 Å². The zero-order valence-electron chi connectivity index (χ0n) is 14.7. The Hall–Kier alpha value is 0.720. The van der Waals surface area contributed by atoms with Crippen LogP contribution in [-0.4, -0.2) is 24.6 Å². The molecule has 0 aromatic heterocycles. The standard InChI is InChI=1S/C18H40ClP/c1-5-9-13-17-20(19,15-11-7-3,16-12-8-4)18-14-10-6-2/h5-18H2,1-4H3. The Morgan fingerprint density at radius 3 is 1.10 bits per heavy atom. The van der Waals surface area contributed by atoms with Gasteiger partial charge in [0, 0.05) is 0 Å². The van der Waals surface area contributed by atoms with Crippen molar-refractivity contribution in [2.75, 3.05) is 24.6 Å². The molecule has 0 N–H and O–H groups in total. The van der Waals surface area contributed by atoms with Crippen molar-refractivity contribution in [3.8, 4) is 0 Å². The normalized spacial score (nSPS) is 14.2. The molecule has 2 heteroatoms. The fraction of sp³-hybridized carbons (Fsp3) is 1.00. The molecular weight excluding hydrogens is 283 g/mol. The van der Waals surface area contributed by atoms with Crippen molar-refractivity contribution in [3.63, 3.8) is 0 Å². The average Bonchev–Trinajstić information content (AvgIpc) is 2.44. The second kappa shape index (κ2) is 11.3. The third-order valence-electron chi connectivity index (χ3n) is 4.78. The van der Waals surface area contributed by atoms with Gasteiger partial charge in [-0.05, 0) is 0 Å². The third-order valence-corrected chi connectivity index (χ3v) is 12.5. The molecule has 0 aliphatic carbocycles. The minimum atomic E-state index is -1.92. The van der Waals surface area contributed by atoms with Gasteiger partial charge in [0.25, 0.3) is 0 Å². The van der Waals surface area contributed by atoms with Gasteiger partial charge in [-0.15, -0.1) is 0 Å². The van der Waals surface area contributed by atoms with E-state index in [1.807, 2.05) is 0 Å². The zero-order valence-corrected chi connectivity index (χ0v) is 16.4. The molecule has 20 heavy (non-hydrogen) atoms. The van der Waals surface area contributed by atoms with Crippen LogP contribution in [0.4, 0.5) is 0 Å². The molecule has 0 bridgehead atoms. The molecule has 0 aromatic rings. The Bertz CT molecular complexity index is 205. The van der Waals surface area contributed by atoms with E-state index >= 15 is 0 Å². The molecule has 0 amide bonds. The molecule has 0 aliphatic heterocycles. The molecular formula is C18H40ClP. The van der Waals surface area contributed by atoms with Crippen LogP contribution in [0, 0.1) is 0 Å². The first-order valence-electron chi connectivity index (χ1n) is 9.26. The van der Waals surface area contributed by atoms with Crippen LogP contribution in [0.25, 0.3) is 0 Å². The molecule has 124 valence electrons. The van der Waals surface area contributed by atoms with E-state index in [2.05, 4.69) is 27.7 Å². The second-order valence-electron chi connectivity index (χ2n) is 6.84. The summed E-state index contributed by atoms with van der Waals surface area (Å²) in [5.74, 6) is -1.92. The van der Waals surface area contributed by atoms with Gasteiger partial charge in [-0.25, -0.2) is 0 Å². The van der Waals surface area contributed by atoms with E-state index in [9.17, 15) is 0 Å². The average molecular weight is 323 g/mol. The molecule has 0 unspecified atom stereocenters. The van der Waals surface area contributed by atoms with Crippen molar-refractivity contribution in [2.24, 2.45) is 0 Å². The number of hydrogen-bond donors (Lipinski definition) is 0. The van der Waals surface area contributed by atoms with E-state index < -0.39 is 5.96 Å². The van der Waals surface area contributed by atoms with Crippen molar-refractivity contribution in [2.45, 2.75) is 91.9 Å². The van der Waals surface area contributed by atoms with Crippen molar-refractivity contribution in [3.05, 3.63) is 0 Å². The topological polar surface area (TPSA) is 0 Å². The Kier molecular flexibility index (Phi) is 11.7. The van der Waals surface area contributed by atoms with Gasteiger partial charge in [-0.3, -0.25) is 0 Å². The summed E-state index contributed by atoms with van der Waals surface area (Å²) >= 11 is 7.56. The monoisotopic (exact) mass is 322 g/mol. The Morgan fingerprint density at radius 1 is 0.500 bits per heavy atom. The number of rotatable bonds is 14. The first kappa shape index (κ1) is 20.7. The van der Waals surface area contributed by atoms with Crippen molar-refractivity contribution < 1.29 is 0 Å². The third kappa shape index (κ3) is 8.23. The van der Waals surface area contributed by atoms with Crippen LogP contribution in [0.15, 0.2) is 0 Å². The summed E-state index contributed by atoms with van der Waals surface area (Å²) in [6, 6.07) is 0. The van der Waals surface area contributed by atoms with E-state index in [-0.39, 0.29) is 0 Å². The Labute approximate surface area is 134 Å². The summed E-state index contributed by atoms with van der Waals surface area (Å²) in [5, 5.41) is 0. The van der Waals surface area contributed by atoms with Crippen LogP contribution >= 0.6 is 17.2 Å². The molecule has 0 radical (unpaired) electrons. The minimum absolute atomic E-state index is 1.30. The molecule has 0 nitrogen and oxygen atoms in total. The van der Waals surface area contributed by atoms with Crippen LogP contribution in [0.1, 0.15) is 91.9 Å². The SMILES string of the molecule is CCCCCP(Cl)(CCCC)(CCCC)CCCCC.